The number of hydrogen-bond donors (Lipinski definition) is 2. The zero-order chi connectivity index (χ0) is 20.4. The highest BCUT2D eigenvalue weighted by molar-refractivity contribution is 5.72. The minimum atomic E-state index is -1.12. The van der Waals surface area contributed by atoms with Crippen LogP contribution < -0.4 is 11.2 Å². The van der Waals surface area contributed by atoms with Crippen LogP contribution in [0.25, 0.3) is 23.5 Å². The van der Waals surface area contributed by atoms with E-state index in [4.69, 9.17) is 4.42 Å². The van der Waals surface area contributed by atoms with E-state index in [1.54, 1.807) is 30.1 Å². The molecule has 11 nitrogen and oxygen atoms in total. The number of aryl methyl sites for hydroxylation is 1. The molecule has 1 aromatic carbocycles. The highest BCUT2D eigenvalue weighted by Gasteiger charge is 2.19. The maximum atomic E-state index is 11.6. The monoisotopic (exact) mass is 384 g/mol. The third-order valence-electron chi connectivity index (χ3n) is 3.87. The van der Waals surface area contributed by atoms with Crippen LogP contribution in [0.15, 0.2) is 44.3 Å². The summed E-state index contributed by atoms with van der Waals surface area (Å²) >= 11 is 0. The van der Waals surface area contributed by atoms with E-state index in [0.717, 1.165) is 11.6 Å². The average Bonchev–Trinajstić information content (AvgIpc) is 3.07. The second-order valence-electron chi connectivity index (χ2n) is 5.72. The van der Waals surface area contributed by atoms with Gasteiger partial charge in [0.1, 0.15) is 17.2 Å². The Balaban J connectivity index is 1.98. The number of nitrogens with one attached hydrogen (secondary N) is 2. The Bertz CT molecular complexity index is 1230. The molecule has 0 amide bonds. The maximum Gasteiger partial charge on any atom is 0.357 e. The fourth-order valence-corrected chi connectivity index (χ4v) is 2.54. The van der Waals surface area contributed by atoms with E-state index < -0.39 is 26.8 Å². The van der Waals surface area contributed by atoms with Gasteiger partial charge in [0.2, 0.25) is 0 Å². The Morgan fingerprint density at radius 2 is 1.75 bits per heavy atom. The highest BCUT2D eigenvalue weighted by atomic mass is 16.6. The maximum absolute atomic E-state index is 11.6. The number of benzene rings is 1. The summed E-state index contributed by atoms with van der Waals surface area (Å²) in [5.74, 6) is 0.617. The van der Waals surface area contributed by atoms with Crippen LogP contribution in [0, 0.1) is 27.2 Å². The van der Waals surface area contributed by atoms with E-state index in [1.165, 1.54) is 18.2 Å². The van der Waals surface area contributed by atoms with E-state index in [1.807, 2.05) is 0 Å². The first kappa shape index (κ1) is 18.5. The average molecular weight is 384 g/mol. The summed E-state index contributed by atoms with van der Waals surface area (Å²) in [6.07, 6.45) is 2.49. The van der Waals surface area contributed by atoms with Crippen LogP contribution in [0.5, 0.6) is 0 Å². The second-order valence-corrected chi connectivity index (χ2v) is 5.72. The smallest absolute Gasteiger partial charge is 0.357 e. The van der Waals surface area contributed by atoms with Crippen molar-refractivity contribution in [2.45, 2.75) is 6.92 Å². The zero-order valence-corrected chi connectivity index (χ0v) is 14.3. The number of furan rings is 1. The number of aromatic amines is 2. The minimum Gasteiger partial charge on any atom is -0.457 e. The molecule has 0 radical (unpaired) electrons. The van der Waals surface area contributed by atoms with Crippen LogP contribution in [-0.4, -0.2) is 19.8 Å². The van der Waals surface area contributed by atoms with E-state index in [-0.39, 0.29) is 17.1 Å². The highest BCUT2D eigenvalue weighted by Crippen LogP contribution is 2.29. The first-order valence-electron chi connectivity index (χ1n) is 7.80. The number of nitro benzene ring substituents is 1. The molecule has 0 saturated heterocycles. The lowest BCUT2D eigenvalue weighted by molar-refractivity contribution is -0.386. The summed E-state index contributed by atoms with van der Waals surface area (Å²) in [5, 5.41) is 22.0. The molecule has 0 aliphatic rings. The Morgan fingerprint density at radius 1 is 1.00 bits per heavy atom. The molecule has 2 N–H and O–H groups in total. The van der Waals surface area contributed by atoms with Crippen molar-refractivity contribution in [1.82, 2.24) is 9.97 Å². The topological polar surface area (TPSA) is 165 Å². The van der Waals surface area contributed by atoms with Gasteiger partial charge in [-0.2, -0.15) is 0 Å². The molecule has 0 aliphatic heterocycles. The fraction of sp³-hybridized carbons (Fsp3) is 0.0588. The van der Waals surface area contributed by atoms with Crippen molar-refractivity contribution < 1.29 is 14.3 Å². The third kappa shape index (κ3) is 3.62. The summed E-state index contributed by atoms with van der Waals surface area (Å²) in [6, 6.07) is 7.48. The molecule has 2 heterocycles. The van der Waals surface area contributed by atoms with Gasteiger partial charge in [0.25, 0.3) is 5.69 Å². The SMILES string of the molecule is Cc1ccc([N+](=O)[O-])cc1-c1ccc(C=Cc2[nH]c(=O)[nH]c(=O)c2[N+](=O)[O-])o1. The summed E-state index contributed by atoms with van der Waals surface area (Å²) < 4.78 is 5.61. The Labute approximate surface area is 155 Å². The number of aromatic nitrogens is 2. The van der Waals surface area contributed by atoms with Gasteiger partial charge >= 0.3 is 16.9 Å². The first-order valence-corrected chi connectivity index (χ1v) is 7.80. The van der Waals surface area contributed by atoms with E-state index in [2.05, 4.69) is 4.98 Å². The van der Waals surface area contributed by atoms with Crippen LogP contribution in [0.2, 0.25) is 0 Å². The number of nitrogens with zero attached hydrogens (tertiary/aromatic N) is 2. The van der Waals surface area contributed by atoms with Gasteiger partial charge in [0.15, 0.2) is 0 Å². The van der Waals surface area contributed by atoms with Crippen LogP contribution in [0.3, 0.4) is 0 Å². The molecule has 0 aliphatic carbocycles. The predicted octanol–water partition coefficient (Wildman–Crippen LogP) is 2.62. The number of hydrogen-bond acceptors (Lipinski definition) is 7. The van der Waals surface area contributed by atoms with E-state index >= 15 is 0 Å². The van der Waals surface area contributed by atoms with Crippen molar-refractivity contribution in [2.75, 3.05) is 0 Å². The molecule has 0 spiro atoms. The van der Waals surface area contributed by atoms with E-state index in [0.29, 0.717) is 11.3 Å². The van der Waals surface area contributed by atoms with Crippen LogP contribution >= 0.6 is 0 Å². The Hall–Kier alpha value is -4.28. The number of rotatable bonds is 5. The predicted molar refractivity (Wildman–Crippen MR) is 98.8 cm³/mol. The van der Waals surface area contributed by atoms with Gasteiger partial charge in [-0.05, 0) is 36.8 Å². The summed E-state index contributed by atoms with van der Waals surface area (Å²) in [6.45, 7) is 1.77. The number of H-pyrrole nitrogens is 2. The van der Waals surface area contributed by atoms with Crippen LogP contribution in [0.1, 0.15) is 17.0 Å². The lowest BCUT2D eigenvalue weighted by atomic mass is 10.1. The van der Waals surface area contributed by atoms with Gasteiger partial charge in [0.05, 0.1) is 9.85 Å². The quantitative estimate of drug-likeness (QED) is 0.504. The summed E-state index contributed by atoms with van der Waals surface area (Å²) in [4.78, 5) is 47.5. The minimum absolute atomic E-state index is 0.0918. The van der Waals surface area contributed by atoms with Gasteiger partial charge < -0.3 is 9.40 Å². The molecule has 0 atom stereocenters. The molecular formula is C17H12N4O7. The molecule has 142 valence electrons. The van der Waals surface area contributed by atoms with Gasteiger partial charge in [0, 0.05) is 17.7 Å². The van der Waals surface area contributed by atoms with Crippen molar-refractivity contribution in [3.05, 3.63) is 88.4 Å². The molecule has 3 aromatic rings. The summed E-state index contributed by atoms with van der Waals surface area (Å²) in [7, 11) is 0. The van der Waals surface area contributed by atoms with Gasteiger partial charge in [-0.25, -0.2) is 4.79 Å². The van der Waals surface area contributed by atoms with Crippen molar-refractivity contribution in [3.63, 3.8) is 0 Å². The van der Waals surface area contributed by atoms with Crippen molar-refractivity contribution in [3.8, 4) is 11.3 Å². The third-order valence-corrected chi connectivity index (χ3v) is 3.87. The Morgan fingerprint density at radius 3 is 2.43 bits per heavy atom. The molecular weight excluding hydrogens is 372 g/mol. The molecule has 11 heteroatoms. The standard InChI is InChI=1S/C17H12N4O7/c1-9-2-3-10(20(24)25)8-12(9)14-7-5-11(28-14)4-6-13-15(21(26)27)16(22)19-17(23)18-13/h2-8H,1H3,(H2,18,19,22,23). The van der Waals surface area contributed by atoms with Gasteiger partial charge in [-0.15, -0.1) is 0 Å². The molecule has 0 saturated carbocycles. The normalized spacial score (nSPS) is 11.0. The van der Waals surface area contributed by atoms with Crippen LogP contribution in [-0.2, 0) is 0 Å². The molecule has 0 bridgehead atoms. The van der Waals surface area contributed by atoms with Gasteiger partial charge in [-0.1, -0.05) is 6.07 Å². The van der Waals surface area contributed by atoms with Crippen LogP contribution in [0.4, 0.5) is 11.4 Å². The van der Waals surface area contributed by atoms with Crippen molar-refractivity contribution >= 4 is 23.5 Å². The molecule has 2 aromatic heterocycles. The Kier molecular flexibility index (Phi) is 4.73. The summed E-state index contributed by atoms with van der Waals surface area (Å²) in [5.41, 5.74) is -1.93. The fourth-order valence-electron chi connectivity index (χ4n) is 2.54. The lowest BCUT2D eigenvalue weighted by Gasteiger charge is -2.02. The van der Waals surface area contributed by atoms with Gasteiger partial charge in [-0.3, -0.25) is 30.0 Å². The first-order chi connectivity index (χ1) is 13.3. The van der Waals surface area contributed by atoms with E-state index in [9.17, 15) is 29.8 Å². The van der Waals surface area contributed by atoms with Crippen molar-refractivity contribution in [2.24, 2.45) is 0 Å². The molecule has 0 fully saturated rings. The second kappa shape index (κ2) is 7.15. The largest absolute Gasteiger partial charge is 0.457 e. The molecule has 28 heavy (non-hydrogen) atoms. The zero-order valence-electron chi connectivity index (χ0n) is 14.3. The van der Waals surface area contributed by atoms with Crippen molar-refractivity contribution in [1.29, 1.82) is 0 Å². The molecule has 0 unspecified atom stereocenters. The molecule has 3 rings (SSSR count). The lowest BCUT2D eigenvalue weighted by Crippen LogP contribution is -2.25. The number of non-ortho nitro benzene ring substituents is 1. The number of nitro groups is 2.